The van der Waals surface area contributed by atoms with Gasteiger partial charge in [0, 0.05) is 19.0 Å². The smallest absolute Gasteiger partial charge is 0.339 e. The summed E-state index contributed by atoms with van der Waals surface area (Å²) in [5.41, 5.74) is -2.30. The maximum absolute atomic E-state index is 12.6. The van der Waals surface area contributed by atoms with Gasteiger partial charge in [0.05, 0.1) is 5.56 Å². The molecule has 23 heavy (non-hydrogen) atoms. The van der Waals surface area contributed by atoms with Gasteiger partial charge in [-0.3, -0.25) is 9.59 Å². The lowest BCUT2D eigenvalue weighted by Gasteiger charge is -2.09. The predicted octanol–water partition coefficient (Wildman–Crippen LogP) is 2.05. The van der Waals surface area contributed by atoms with Crippen molar-refractivity contribution in [3.63, 3.8) is 0 Å². The SMILES string of the molecule is Cc1noc(CCCC(=O)Nc2cc(C(F)(F)F)c[nH]c2=O)n1. The first-order chi connectivity index (χ1) is 10.8. The molecule has 0 aliphatic heterocycles. The fraction of sp³-hybridized carbons (Fsp3) is 0.385. The molecule has 1 amide bonds. The summed E-state index contributed by atoms with van der Waals surface area (Å²) in [6.45, 7) is 1.65. The molecule has 0 aliphatic carbocycles. The van der Waals surface area contributed by atoms with Crippen LogP contribution in [0.5, 0.6) is 0 Å². The Balaban J connectivity index is 1.93. The van der Waals surface area contributed by atoms with E-state index in [1.54, 1.807) is 6.92 Å². The van der Waals surface area contributed by atoms with Gasteiger partial charge in [0.2, 0.25) is 11.8 Å². The molecule has 0 fully saturated rings. The Morgan fingerprint density at radius 2 is 2.17 bits per heavy atom. The summed E-state index contributed by atoms with van der Waals surface area (Å²) in [5.74, 6) is 0.262. The van der Waals surface area contributed by atoms with E-state index in [0.717, 1.165) is 0 Å². The summed E-state index contributed by atoms with van der Waals surface area (Å²) < 4.78 is 42.6. The molecule has 0 bridgehead atoms. The third-order valence-corrected chi connectivity index (χ3v) is 2.87. The van der Waals surface area contributed by atoms with Gasteiger partial charge in [-0.15, -0.1) is 0 Å². The molecule has 0 aromatic carbocycles. The first-order valence-electron chi connectivity index (χ1n) is 6.64. The summed E-state index contributed by atoms with van der Waals surface area (Å²) >= 11 is 0. The predicted molar refractivity (Wildman–Crippen MR) is 72.7 cm³/mol. The lowest BCUT2D eigenvalue weighted by Crippen LogP contribution is -2.21. The van der Waals surface area contributed by atoms with Gasteiger partial charge < -0.3 is 14.8 Å². The highest BCUT2D eigenvalue weighted by Crippen LogP contribution is 2.29. The first-order valence-corrected chi connectivity index (χ1v) is 6.64. The largest absolute Gasteiger partial charge is 0.417 e. The summed E-state index contributed by atoms with van der Waals surface area (Å²) in [5, 5.41) is 5.75. The number of aryl methyl sites for hydroxylation is 2. The minimum Gasteiger partial charge on any atom is -0.339 e. The van der Waals surface area contributed by atoms with E-state index in [1.807, 2.05) is 4.98 Å². The Hall–Kier alpha value is -2.65. The molecule has 2 heterocycles. The Morgan fingerprint density at radius 1 is 1.43 bits per heavy atom. The average Bonchev–Trinajstić information content (AvgIpc) is 2.85. The molecule has 2 rings (SSSR count). The number of nitrogens with zero attached hydrogens (tertiary/aromatic N) is 2. The normalized spacial score (nSPS) is 11.5. The lowest BCUT2D eigenvalue weighted by atomic mass is 10.2. The van der Waals surface area contributed by atoms with Gasteiger partial charge in [0.1, 0.15) is 5.69 Å². The van der Waals surface area contributed by atoms with Crippen LogP contribution in [0.2, 0.25) is 0 Å². The molecular formula is C13H13F3N4O3. The highest BCUT2D eigenvalue weighted by atomic mass is 19.4. The zero-order valence-corrected chi connectivity index (χ0v) is 12.0. The standard InChI is InChI=1S/C13H13F3N4O3/c1-7-18-11(23-20-7)4-2-3-10(21)19-9-5-8(13(14,15)16)6-17-12(9)22/h5-6H,2-4H2,1H3,(H,17,22)(H,19,21). The highest BCUT2D eigenvalue weighted by molar-refractivity contribution is 5.90. The van der Waals surface area contributed by atoms with Crippen LogP contribution in [-0.2, 0) is 17.4 Å². The van der Waals surface area contributed by atoms with Crippen molar-refractivity contribution in [2.45, 2.75) is 32.4 Å². The van der Waals surface area contributed by atoms with Crippen molar-refractivity contribution in [1.82, 2.24) is 15.1 Å². The van der Waals surface area contributed by atoms with E-state index in [-0.39, 0.29) is 6.42 Å². The molecule has 0 saturated heterocycles. The molecule has 7 nitrogen and oxygen atoms in total. The van der Waals surface area contributed by atoms with Crippen LogP contribution in [0.1, 0.15) is 30.1 Å². The Labute approximate surface area is 127 Å². The maximum Gasteiger partial charge on any atom is 0.417 e. The van der Waals surface area contributed by atoms with E-state index in [0.29, 0.717) is 36.8 Å². The van der Waals surface area contributed by atoms with E-state index >= 15 is 0 Å². The number of aromatic nitrogens is 3. The monoisotopic (exact) mass is 330 g/mol. The minimum atomic E-state index is -4.61. The highest BCUT2D eigenvalue weighted by Gasteiger charge is 2.31. The van der Waals surface area contributed by atoms with E-state index < -0.39 is 28.9 Å². The van der Waals surface area contributed by atoms with Gasteiger partial charge in [0.15, 0.2) is 5.82 Å². The number of rotatable bonds is 5. The number of hydrogen-bond donors (Lipinski definition) is 2. The van der Waals surface area contributed by atoms with Crippen LogP contribution in [-0.4, -0.2) is 21.0 Å². The second-order valence-corrected chi connectivity index (χ2v) is 4.77. The minimum absolute atomic E-state index is 0.00286. The molecular weight excluding hydrogens is 317 g/mol. The molecule has 0 radical (unpaired) electrons. The molecule has 10 heteroatoms. The number of anilines is 1. The molecule has 0 spiro atoms. The number of carbonyl (C=O) groups excluding carboxylic acids is 1. The van der Waals surface area contributed by atoms with Crippen LogP contribution in [0.25, 0.3) is 0 Å². The lowest BCUT2D eigenvalue weighted by molar-refractivity contribution is -0.137. The van der Waals surface area contributed by atoms with E-state index in [9.17, 15) is 22.8 Å². The van der Waals surface area contributed by atoms with Crippen LogP contribution < -0.4 is 10.9 Å². The molecule has 0 saturated carbocycles. The fourth-order valence-electron chi connectivity index (χ4n) is 1.79. The number of H-pyrrole nitrogens is 1. The molecule has 2 aromatic heterocycles. The number of aromatic amines is 1. The summed E-state index contributed by atoms with van der Waals surface area (Å²) in [7, 11) is 0. The van der Waals surface area contributed by atoms with Gasteiger partial charge >= 0.3 is 6.18 Å². The van der Waals surface area contributed by atoms with Gasteiger partial charge in [-0.05, 0) is 19.4 Å². The quantitative estimate of drug-likeness (QED) is 0.874. The van der Waals surface area contributed by atoms with Gasteiger partial charge in [0.25, 0.3) is 5.56 Å². The summed E-state index contributed by atoms with van der Waals surface area (Å²) in [6, 6.07) is 0.595. The number of carbonyl (C=O) groups is 1. The summed E-state index contributed by atoms with van der Waals surface area (Å²) in [6.07, 6.45) is -3.36. The van der Waals surface area contributed by atoms with Crippen molar-refractivity contribution < 1.29 is 22.5 Å². The van der Waals surface area contributed by atoms with Crippen LogP contribution >= 0.6 is 0 Å². The molecule has 0 aliphatic rings. The van der Waals surface area contributed by atoms with Crippen molar-refractivity contribution in [1.29, 1.82) is 0 Å². The Morgan fingerprint density at radius 3 is 2.78 bits per heavy atom. The third kappa shape index (κ3) is 4.66. The Kier molecular flexibility index (Phi) is 4.82. The number of alkyl halides is 3. The topological polar surface area (TPSA) is 101 Å². The van der Waals surface area contributed by atoms with Gasteiger partial charge in [-0.25, -0.2) is 0 Å². The number of amides is 1. The first kappa shape index (κ1) is 16.7. The summed E-state index contributed by atoms with van der Waals surface area (Å²) in [4.78, 5) is 29.1. The fourth-order valence-corrected chi connectivity index (χ4v) is 1.79. The van der Waals surface area contributed by atoms with Crippen LogP contribution in [0.15, 0.2) is 21.6 Å². The number of hydrogen-bond acceptors (Lipinski definition) is 5. The Bertz CT molecular complexity index is 751. The van der Waals surface area contributed by atoms with Gasteiger partial charge in [-0.1, -0.05) is 5.16 Å². The van der Waals surface area contributed by atoms with Crippen molar-refractivity contribution in [3.05, 3.63) is 39.9 Å². The molecule has 2 N–H and O–H groups in total. The zero-order valence-electron chi connectivity index (χ0n) is 12.0. The van der Waals surface area contributed by atoms with Crippen LogP contribution in [0, 0.1) is 6.92 Å². The van der Waals surface area contributed by atoms with Crippen LogP contribution in [0.3, 0.4) is 0 Å². The maximum atomic E-state index is 12.6. The van der Waals surface area contributed by atoms with E-state index in [2.05, 4.69) is 15.5 Å². The van der Waals surface area contributed by atoms with E-state index in [4.69, 9.17) is 4.52 Å². The number of halogens is 3. The number of nitrogens with one attached hydrogen (secondary N) is 2. The molecule has 124 valence electrons. The second kappa shape index (κ2) is 6.63. The zero-order chi connectivity index (χ0) is 17.0. The average molecular weight is 330 g/mol. The third-order valence-electron chi connectivity index (χ3n) is 2.87. The van der Waals surface area contributed by atoms with Crippen molar-refractivity contribution in [2.24, 2.45) is 0 Å². The van der Waals surface area contributed by atoms with Gasteiger partial charge in [-0.2, -0.15) is 18.2 Å². The van der Waals surface area contributed by atoms with Crippen LogP contribution in [0.4, 0.5) is 18.9 Å². The molecule has 2 aromatic rings. The molecule has 0 unspecified atom stereocenters. The second-order valence-electron chi connectivity index (χ2n) is 4.77. The van der Waals surface area contributed by atoms with E-state index in [1.165, 1.54) is 0 Å². The van der Waals surface area contributed by atoms with Crippen molar-refractivity contribution in [2.75, 3.05) is 5.32 Å². The van der Waals surface area contributed by atoms with Crippen molar-refractivity contribution in [3.8, 4) is 0 Å². The number of pyridine rings is 1. The molecule has 0 atom stereocenters. The van der Waals surface area contributed by atoms with Crippen molar-refractivity contribution >= 4 is 11.6 Å².